The Morgan fingerprint density at radius 2 is 1.82 bits per heavy atom. The van der Waals surface area contributed by atoms with Crippen LogP contribution in [0.4, 0.5) is 0 Å². The van der Waals surface area contributed by atoms with Gasteiger partial charge in [-0.3, -0.25) is 0 Å². The van der Waals surface area contributed by atoms with Crippen molar-refractivity contribution in [1.82, 2.24) is 10.2 Å². The molecule has 0 aliphatic carbocycles. The summed E-state index contributed by atoms with van der Waals surface area (Å²) in [5.74, 6) is 0. The van der Waals surface area contributed by atoms with E-state index in [4.69, 9.17) is 0 Å². The number of piperidine rings is 1. The molecule has 1 heterocycles. The number of hydrogen-bond donors (Lipinski definition) is 2. The SMILES string of the molecule is OC1CCN(CCCNCc2cccc3ccccc23)CC1. The van der Waals surface area contributed by atoms with Crippen molar-refractivity contribution in [1.29, 1.82) is 0 Å². The standard InChI is InChI=1S/C19H26N2O/c22-18-9-13-21(14-10-18)12-4-11-20-15-17-7-3-6-16-5-1-2-8-19(16)17/h1-3,5-8,18,20,22H,4,9-15H2. The zero-order chi connectivity index (χ0) is 15.2. The van der Waals surface area contributed by atoms with Gasteiger partial charge in [0.05, 0.1) is 6.10 Å². The Bertz CT molecular complexity index is 586. The number of fused-ring (bicyclic) bond motifs is 1. The second kappa shape index (κ2) is 7.73. The minimum absolute atomic E-state index is 0.0688. The van der Waals surface area contributed by atoms with Crippen LogP contribution in [0.1, 0.15) is 24.8 Å². The molecule has 2 N–H and O–H groups in total. The first-order valence-corrected chi connectivity index (χ1v) is 8.41. The molecule has 0 aromatic heterocycles. The average molecular weight is 298 g/mol. The smallest absolute Gasteiger partial charge is 0.0564 e. The number of aliphatic hydroxyl groups is 1. The Morgan fingerprint density at radius 1 is 1.05 bits per heavy atom. The monoisotopic (exact) mass is 298 g/mol. The van der Waals surface area contributed by atoms with Crippen molar-refractivity contribution < 1.29 is 5.11 Å². The first-order valence-electron chi connectivity index (χ1n) is 8.41. The first kappa shape index (κ1) is 15.5. The fraction of sp³-hybridized carbons (Fsp3) is 0.474. The summed E-state index contributed by atoms with van der Waals surface area (Å²) in [6.45, 7) is 5.20. The zero-order valence-electron chi connectivity index (χ0n) is 13.2. The Labute approximate surface area is 132 Å². The summed E-state index contributed by atoms with van der Waals surface area (Å²) in [7, 11) is 0. The quantitative estimate of drug-likeness (QED) is 0.805. The molecule has 1 aliphatic rings. The summed E-state index contributed by atoms with van der Waals surface area (Å²) in [4.78, 5) is 2.46. The van der Waals surface area contributed by atoms with Gasteiger partial charge in [0.1, 0.15) is 0 Å². The maximum Gasteiger partial charge on any atom is 0.0564 e. The molecule has 1 aliphatic heterocycles. The van der Waals surface area contributed by atoms with E-state index in [-0.39, 0.29) is 6.10 Å². The minimum atomic E-state index is -0.0688. The number of rotatable bonds is 6. The summed E-state index contributed by atoms with van der Waals surface area (Å²) in [6, 6.07) is 15.1. The Hall–Kier alpha value is -1.42. The van der Waals surface area contributed by atoms with Crippen LogP contribution in [0.2, 0.25) is 0 Å². The lowest BCUT2D eigenvalue weighted by atomic mass is 10.0. The number of aliphatic hydroxyl groups excluding tert-OH is 1. The molecule has 118 valence electrons. The maximum absolute atomic E-state index is 9.51. The van der Waals surface area contributed by atoms with Crippen molar-refractivity contribution in [3.05, 3.63) is 48.0 Å². The van der Waals surface area contributed by atoms with Crippen LogP contribution in [0, 0.1) is 0 Å². The molecule has 0 unspecified atom stereocenters. The summed E-state index contributed by atoms with van der Waals surface area (Å²) >= 11 is 0. The van der Waals surface area contributed by atoms with Gasteiger partial charge in [0.25, 0.3) is 0 Å². The van der Waals surface area contributed by atoms with Crippen molar-refractivity contribution in [2.45, 2.75) is 31.9 Å². The van der Waals surface area contributed by atoms with E-state index in [1.54, 1.807) is 0 Å². The van der Waals surface area contributed by atoms with Crippen LogP contribution in [0.3, 0.4) is 0 Å². The molecule has 0 spiro atoms. The Balaban J connectivity index is 1.41. The van der Waals surface area contributed by atoms with E-state index in [0.717, 1.165) is 45.6 Å². The van der Waals surface area contributed by atoms with E-state index in [1.165, 1.54) is 22.8 Å². The summed E-state index contributed by atoms with van der Waals surface area (Å²) in [5.41, 5.74) is 1.37. The molecule has 3 heteroatoms. The molecule has 3 nitrogen and oxygen atoms in total. The molecule has 1 saturated heterocycles. The highest BCUT2D eigenvalue weighted by Crippen LogP contribution is 2.18. The van der Waals surface area contributed by atoms with Crippen LogP contribution in [-0.2, 0) is 6.54 Å². The lowest BCUT2D eigenvalue weighted by Gasteiger charge is -2.29. The van der Waals surface area contributed by atoms with Crippen molar-refractivity contribution in [2.75, 3.05) is 26.2 Å². The predicted octanol–water partition coefficient (Wildman–Crippen LogP) is 2.78. The number of benzene rings is 2. The molecule has 3 rings (SSSR count). The molecule has 2 aromatic rings. The summed E-state index contributed by atoms with van der Waals surface area (Å²) in [6.07, 6.45) is 2.97. The fourth-order valence-corrected chi connectivity index (χ4v) is 3.24. The molecule has 2 aromatic carbocycles. The number of hydrogen-bond acceptors (Lipinski definition) is 3. The Kier molecular flexibility index (Phi) is 5.43. The first-order chi connectivity index (χ1) is 10.8. The molecule has 0 bridgehead atoms. The molecule has 0 atom stereocenters. The fourth-order valence-electron chi connectivity index (χ4n) is 3.24. The molecule has 1 fully saturated rings. The van der Waals surface area contributed by atoms with Crippen LogP contribution >= 0.6 is 0 Å². The molecular formula is C19H26N2O. The minimum Gasteiger partial charge on any atom is -0.393 e. The third-order valence-corrected chi connectivity index (χ3v) is 4.58. The molecular weight excluding hydrogens is 272 g/mol. The van der Waals surface area contributed by atoms with Gasteiger partial charge >= 0.3 is 0 Å². The van der Waals surface area contributed by atoms with Gasteiger partial charge in [0.15, 0.2) is 0 Å². The van der Waals surface area contributed by atoms with Gasteiger partial charge in [0, 0.05) is 19.6 Å². The van der Waals surface area contributed by atoms with Gasteiger partial charge < -0.3 is 15.3 Å². The van der Waals surface area contributed by atoms with Gasteiger partial charge in [-0.1, -0.05) is 42.5 Å². The molecule has 0 radical (unpaired) electrons. The third kappa shape index (κ3) is 4.07. The summed E-state index contributed by atoms with van der Waals surface area (Å²) in [5, 5.41) is 15.7. The van der Waals surface area contributed by atoms with Crippen LogP contribution in [0.15, 0.2) is 42.5 Å². The van der Waals surface area contributed by atoms with Gasteiger partial charge in [-0.15, -0.1) is 0 Å². The van der Waals surface area contributed by atoms with Crippen LogP contribution in [0.5, 0.6) is 0 Å². The highest BCUT2D eigenvalue weighted by molar-refractivity contribution is 5.85. The number of likely N-dealkylation sites (tertiary alicyclic amines) is 1. The molecule has 0 saturated carbocycles. The van der Waals surface area contributed by atoms with Gasteiger partial charge in [-0.05, 0) is 48.7 Å². The highest BCUT2D eigenvalue weighted by atomic mass is 16.3. The summed E-state index contributed by atoms with van der Waals surface area (Å²) < 4.78 is 0. The van der Waals surface area contributed by atoms with Gasteiger partial charge in [0.2, 0.25) is 0 Å². The number of nitrogens with one attached hydrogen (secondary N) is 1. The Morgan fingerprint density at radius 3 is 2.68 bits per heavy atom. The van der Waals surface area contributed by atoms with Crippen molar-refractivity contribution in [3.8, 4) is 0 Å². The van der Waals surface area contributed by atoms with E-state index in [1.807, 2.05) is 0 Å². The van der Waals surface area contributed by atoms with Crippen molar-refractivity contribution in [3.63, 3.8) is 0 Å². The van der Waals surface area contributed by atoms with E-state index in [2.05, 4.69) is 52.7 Å². The lowest BCUT2D eigenvalue weighted by molar-refractivity contribution is 0.0821. The van der Waals surface area contributed by atoms with Crippen molar-refractivity contribution in [2.24, 2.45) is 0 Å². The molecule has 22 heavy (non-hydrogen) atoms. The average Bonchev–Trinajstić information content (AvgIpc) is 2.56. The topological polar surface area (TPSA) is 35.5 Å². The number of nitrogens with zero attached hydrogens (tertiary/aromatic N) is 1. The predicted molar refractivity (Wildman–Crippen MR) is 92.0 cm³/mol. The van der Waals surface area contributed by atoms with E-state index >= 15 is 0 Å². The van der Waals surface area contributed by atoms with Gasteiger partial charge in [-0.2, -0.15) is 0 Å². The largest absolute Gasteiger partial charge is 0.393 e. The third-order valence-electron chi connectivity index (χ3n) is 4.58. The van der Waals surface area contributed by atoms with Crippen LogP contribution in [0.25, 0.3) is 10.8 Å². The highest BCUT2D eigenvalue weighted by Gasteiger charge is 2.15. The van der Waals surface area contributed by atoms with E-state index in [0.29, 0.717) is 0 Å². The lowest BCUT2D eigenvalue weighted by Crippen LogP contribution is -2.37. The second-order valence-electron chi connectivity index (χ2n) is 6.24. The van der Waals surface area contributed by atoms with Crippen molar-refractivity contribution >= 4 is 10.8 Å². The second-order valence-corrected chi connectivity index (χ2v) is 6.24. The van der Waals surface area contributed by atoms with Crippen LogP contribution < -0.4 is 5.32 Å². The maximum atomic E-state index is 9.51. The normalized spacial score (nSPS) is 17.1. The van der Waals surface area contributed by atoms with Crippen LogP contribution in [-0.4, -0.2) is 42.3 Å². The van der Waals surface area contributed by atoms with E-state index < -0.39 is 0 Å². The van der Waals surface area contributed by atoms with Gasteiger partial charge in [-0.25, -0.2) is 0 Å². The molecule has 0 amide bonds. The zero-order valence-corrected chi connectivity index (χ0v) is 13.2. The van der Waals surface area contributed by atoms with E-state index in [9.17, 15) is 5.11 Å².